The molecular formula is C17H21FN2O3. The SMILES string of the molecule is CC(Oc1ccccc1F)C(=O)NCC(c1ccco1)N(C)C. The van der Waals surface area contributed by atoms with Gasteiger partial charge in [-0.1, -0.05) is 12.1 Å². The van der Waals surface area contributed by atoms with E-state index in [1.807, 2.05) is 25.1 Å². The van der Waals surface area contributed by atoms with Crippen LogP contribution in [0.3, 0.4) is 0 Å². The molecule has 1 N–H and O–H groups in total. The van der Waals surface area contributed by atoms with Crippen LogP contribution in [-0.4, -0.2) is 37.6 Å². The van der Waals surface area contributed by atoms with Gasteiger partial charge in [-0.15, -0.1) is 0 Å². The van der Waals surface area contributed by atoms with Crippen molar-refractivity contribution in [1.82, 2.24) is 10.2 Å². The van der Waals surface area contributed by atoms with E-state index in [4.69, 9.17) is 9.15 Å². The molecule has 0 saturated carbocycles. The number of carbonyl (C=O) groups is 1. The van der Waals surface area contributed by atoms with Gasteiger partial charge < -0.3 is 14.5 Å². The number of benzene rings is 1. The molecule has 1 amide bonds. The molecule has 0 aliphatic carbocycles. The van der Waals surface area contributed by atoms with Crippen molar-refractivity contribution >= 4 is 5.91 Å². The molecule has 2 unspecified atom stereocenters. The van der Waals surface area contributed by atoms with Crippen LogP contribution < -0.4 is 10.1 Å². The number of para-hydroxylation sites is 1. The summed E-state index contributed by atoms with van der Waals surface area (Å²) in [6.07, 6.45) is 0.795. The summed E-state index contributed by atoms with van der Waals surface area (Å²) in [6, 6.07) is 9.58. The van der Waals surface area contributed by atoms with Crippen molar-refractivity contribution in [2.24, 2.45) is 0 Å². The summed E-state index contributed by atoms with van der Waals surface area (Å²) in [4.78, 5) is 14.1. The Hall–Kier alpha value is -2.34. The third-order valence-electron chi connectivity index (χ3n) is 3.47. The van der Waals surface area contributed by atoms with Crippen molar-refractivity contribution in [2.75, 3.05) is 20.6 Å². The molecule has 0 aliphatic rings. The van der Waals surface area contributed by atoms with Gasteiger partial charge in [0.25, 0.3) is 5.91 Å². The number of furan rings is 1. The van der Waals surface area contributed by atoms with E-state index in [-0.39, 0.29) is 17.7 Å². The molecule has 5 nitrogen and oxygen atoms in total. The minimum absolute atomic E-state index is 0.0605. The minimum atomic E-state index is -0.800. The van der Waals surface area contributed by atoms with Gasteiger partial charge in [-0.2, -0.15) is 0 Å². The number of hydrogen-bond acceptors (Lipinski definition) is 4. The van der Waals surface area contributed by atoms with Gasteiger partial charge in [0.05, 0.1) is 12.3 Å². The second-order valence-corrected chi connectivity index (χ2v) is 5.43. The summed E-state index contributed by atoms with van der Waals surface area (Å²) in [5.41, 5.74) is 0. The summed E-state index contributed by atoms with van der Waals surface area (Å²) in [6.45, 7) is 1.95. The van der Waals surface area contributed by atoms with Gasteiger partial charge in [-0.25, -0.2) is 4.39 Å². The Balaban J connectivity index is 1.92. The lowest BCUT2D eigenvalue weighted by Crippen LogP contribution is -2.41. The number of ether oxygens (including phenoxy) is 1. The number of nitrogens with one attached hydrogen (secondary N) is 1. The lowest BCUT2D eigenvalue weighted by molar-refractivity contribution is -0.127. The topological polar surface area (TPSA) is 54.7 Å². The van der Waals surface area contributed by atoms with Crippen molar-refractivity contribution in [3.8, 4) is 5.75 Å². The molecule has 0 radical (unpaired) electrons. The molecule has 0 fully saturated rings. The maximum absolute atomic E-state index is 13.5. The average molecular weight is 320 g/mol. The molecule has 0 aliphatic heterocycles. The molecule has 2 rings (SSSR count). The van der Waals surface area contributed by atoms with E-state index in [9.17, 15) is 9.18 Å². The van der Waals surface area contributed by atoms with Gasteiger partial charge in [0.15, 0.2) is 17.7 Å². The first-order chi connectivity index (χ1) is 11.0. The van der Waals surface area contributed by atoms with E-state index in [0.29, 0.717) is 6.54 Å². The van der Waals surface area contributed by atoms with Gasteiger partial charge >= 0.3 is 0 Å². The van der Waals surface area contributed by atoms with Crippen LogP contribution in [0.5, 0.6) is 5.75 Å². The van der Waals surface area contributed by atoms with E-state index in [1.165, 1.54) is 12.1 Å². The van der Waals surface area contributed by atoms with Crippen LogP contribution in [0, 0.1) is 5.82 Å². The predicted molar refractivity (Wildman–Crippen MR) is 84.6 cm³/mol. The van der Waals surface area contributed by atoms with Crippen LogP contribution in [0.1, 0.15) is 18.7 Å². The zero-order valence-corrected chi connectivity index (χ0v) is 13.5. The largest absolute Gasteiger partial charge is 0.478 e. The van der Waals surface area contributed by atoms with Crippen LogP contribution in [0.25, 0.3) is 0 Å². The minimum Gasteiger partial charge on any atom is -0.478 e. The first-order valence-corrected chi connectivity index (χ1v) is 7.37. The summed E-state index contributed by atoms with van der Waals surface area (Å²) in [5.74, 6) is 0.0175. The maximum atomic E-state index is 13.5. The van der Waals surface area contributed by atoms with Gasteiger partial charge in [-0.3, -0.25) is 9.69 Å². The highest BCUT2D eigenvalue weighted by atomic mass is 19.1. The molecular weight excluding hydrogens is 299 g/mol. The zero-order valence-electron chi connectivity index (χ0n) is 13.5. The number of nitrogens with zero attached hydrogens (tertiary/aromatic N) is 1. The highest BCUT2D eigenvalue weighted by Gasteiger charge is 2.21. The number of likely N-dealkylation sites (N-methyl/N-ethyl adjacent to an activating group) is 1. The van der Waals surface area contributed by atoms with E-state index in [1.54, 1.807) is 31.4 Å². The molecule has 1 aromatic carbocycles. The second-order valence-electron chi connectivity index (χ2n) is 5.43. The fourth-order valence-corrected chi connectivity index (χ4v) is 2.14. The van der Waals surface area contributed by atoms with Gasteiger partial charge in [0.1, 0.15) is 5.76 Å². The standard InChI is InChI=1S/C17H21FN2O3/c1-12(23-15-8-5-4-7-13(15)18)17(21)19-11-14(20(2)3)16-9-6-10-22-16/h4-10,12,14H,11H2,1-3H3,(H,19,21). The third-order valence-corrected chi connectivity index (χ3v) is 3.47. The van der Waals surface area contributed by atoms with Crippen molar-refractivity contribution in [1.29, 1.82) is 0 Å². The van der Waals surface area contributed by atoms with Gasteiger partial charge in [0, 0.05) is 6.54 Å². The third kappa shape index (κ3) is 4.56. The van der Waals surface area contributed by atoms with E-state index in [2.05, 4.69) is 5.32 Å². The number of amides is 1. The zero-order chi connectivity index (χ0) is 16.8. The second kappa shape index (κ2) is 7.78. The first kappa shape index (κ1) is 17.0. The Bertz CT molecular complexity index is 629. The van der Waals surface area contributed by atoms with Crippen LogP contribution in [0.2, 0.25) is 0 Å². The fraction of sp³-hybridized carbons (Fsp3) is 0.353. The molecule has 1 heterocycles. The predicted octanol–water partition coefficient (Wildman–Crippen LogP) is 2.61. The molecule has 6 heteroatoms. The Kier molecular flexibility index (Phi) is 5.76. The highest BCUT2D eigenvalue weighted by Crippen LogP contribution is 2.19. The Morgan fingerprint density at radius 3 is 2.65 bits per heavy atom. The quantitative estimate of drug-likeness (QED) is 0.852. The van der Waals surface area contributed by atoms with Gasteiger partial charge in [-0.05, 0) is 45.3 Å². The Labute approximate surface area is 135 Å². The number of hydrogen-bond donors (Lipinski definition) is 1. The average Bonchev–Trinajstić information content (AvgIpc) is 3.03. The van der Waals surface area contributed by atoms with Crippen LogP contribution in [-0.2, 0) is 4.79 Å². The number of carbonyl (C=O) groups excluding carboxylic acids is 1. The van der Waals surface area contributed by atoms with Crippen LogP contribution >= 0.6 is 0 Å². The molecule has 1 aromatic heterocycles. The molecule has 2 atom stereocenters. The van der Waals surface area contributed by atoms with Crippen molar-refractivity contribution in [3.63, 3.8) is 0 Å². The summed E-state index contributed by atoms with van der Waals surface area (Å²) < 4.78 is 24.3. The smallest absolute Gasteiger partial charge is 0.260 e. The van der Waals surface area contributed by atoms with Crippen molar-refractivity contribution in [3.05, 3.63) is 54.2 Å². The fourth-order valence-electron chi connectivity index (χ4n) is 2.14. The lowest BCUT2D eigenvalue weighted by atomic mass is 10.2. The summed E-state index contributed by atoms with van der Waals surface area (Å²) in [7, 11) is 3.80. The van der Waals surface area contributed by atoms with E-state index >= 15 is 0 Å². The molecule has 124 valence electrons. The molecule has 0 saturated heterocycles. The number of halogens is 1. The highest BCUT2D eigenvalue weighted by molar-refractivity contribution is 5.80. The van der Waals surface area contributed by atoms with Crippen molar-refractivity contribution in [2.45, 2.75) is 19.1 Å². The lowest BCUT2D eigenvalue weighted by Gasteiger charge is -2.23. The summed E-state index contributed by atoms with van der Waals surface area (Å²) >= 11 is 0. The van der Waals surface area contributed by atoms with Gasteiger partial charge in [0.2, 0.25) is 0 Å². The van der Waals surface area contributed by atoms with E-state index < -0.39 is 11.9 Å². The van der Waals surface area contributed by atoms with Crippen LogP contribution in [0.4, 0.5) is 4.39 Å². The molecule has 0 spiro atoms. The molecule has 0 bridgehead atoms. The van der Waals surface area contributed by atoms with Crippen LogP contribution in [0.15, 0.2) is 47.1 Å². The van der Waals surface area contributed by atoms with E-state index in [0.717, 1.165) is 5.76 Å². The Morgan fingerprint density at radius 2 is 2.04 bits per heavy atom. The first-order valence-electron chi connectivity index (χ1n) is 7.37. The summed E-state index contributed by atoms with van der Waals surface area (Å²) in [5, 5.41) is 2.80. The normalized spacial score (nSPS) is 13.6. The maximum Gasteiger partial charge on any atom is 0.260 e. The number of rotatable bonds is 7. The monoisotopic (exact) mass is 320 g/mol. The molecule has 23 heavy (non-hydrogen) atoms. The molecule has 2 aromatic rings. The van der Waals surface area contributed by atoms with Crippen molar-refractivity contribution < 1.29 is 18.3 Å². The Morgan fingerprint density at radius 1 is 1.30 bits per heavy atom.